The topological polar surface area (TPSA) is 41.6 Å². The van der Waals surface area contributed by atoms with Crippen LogP contribution in [0.5, 0.6) is 0 Å². The smallest absolute Gasteiger partial charge is 0.383 e. The van der Waals surface area contributed by atoms with Gasteiger partial charge >= 0.3 is 6.18 Å². The van der Waals surface area contributed by atoms with E-state index in [0.29, 0.717) is 16.8 Å². The number of hydrogen-bond acceptors (Lipinski definition) is 3. The van der Waals surface area contributed by atoms with Crippen LogP contribution in [0.1, 0.15) is 27.7 Å². The van der Waals surface area contributed by atoms with Crippen LogP contribution in [0.25, 0.3) is 0 Å². The molecule has 1 atom stereocenters. The van der Waals surface area contributed by atoms with Crippen molar-refractivity contribution >= 4 is 11.6 Å². The molecule has 0 saturated heterocycles. The van der Waals surface area contributed by atoms with Crippen molar-refractivity contribution in [2.24, 2.45) is 0 Å². The Morgan fingerprint density at radius 2 is 1.92 bits per heavy atom. The maximum atomic E-state index is 13.0. The third kappa shape index (κ3) is 3.46. The summed E-state index contributed by atoms with van der Waals surface area (Å²) in [4.78, 5) is 14.3. The number of methoxy groups -OCH3 is 1. The molecule has 1 heterocycles. The first-order chi connectivity index (χ1) is 11.9. The average molecular weight is 350 g/mol. The lowest BCUT2D eigenvalue weighted by Crippen LogP contribution is -2.44. The van der Waals surface area contributed by atoms with Gasteiger partial charge in [0.05, 0.1) is 17.7 Å². The quantitative estimate of drug-likeness (QED) is 0.909. The van der Waals surface area contributed by atoms with Crippen molar-refractivity contribution in [1.29, 1.82) is 0 Å². The molecule has 0 saturated carbocycles. The molecule has 4 nitrogen and oxygen atoms in total. The number of alkyl halides is 3. The predicted molar refractivity (Wildman–Crippen MR) is 87.2 cm³/mol. The lowest BCUT2D eigenvalue weighted by atomic mass is 10.0. The fourth-order valence-electron chi connectivity index (χ4n) is 2.86. The number of para-hydroxylation sites is 1. The molecule has 0 spiro atoms. The van der Waals surface area contributed by atoms with Crippen LogP contribution in [0.15, 0.2) is 48.5 Å². The van der Waals surface area contributed by atoms with E-state index in [-0.39, 0.29) is 19.1 Å². The summed E-state index contributed by atoms with van der Waals surface area (Å²) >= 11 is 0. The number of hydrogen-bond donors (Lipinski definition) is 1. The van der Waals surface area contributed by atoms with Gasteiger partial charge in [-0.05, 0) is 29.8 Å². The van der Waals surface area contributed by atoms with Gasteiger partial charge in [0.1, 0.15) is 6.17 Å². The first-order valence-electron chi connectivity index (χ1n) is 7.74. The Bertz CT molecular complexity index is 777. The van der Waals surface area contributed by atoms with E-state index in [1.807, 2.05) is 0 Å². The third-order valence-corrected chi connectivity index (χ3v) is 4.09. The van der Waals surface area contributed by atoms with E-state index in [1.54, 1.807) is 30.3 Å². The van der Waals surface area contributed by atoms with Gasteiger partial charge in [-0.15, -0.1) is 0 Å². The minimum Gasteiger partial charge on any atom is -0.383 e. The summed E-state index contributed by atoms with van der Waals surface area (Å²) in [5.41, 5.74) is 0.712. The molecule has 132 valence electrons. The van der Waals surface area contributed by atoms with Crippen LogP contribution in [0.2, 0.25) is 0 Å². The number of fused-ring (bicyclic) bond motifs is 1. The van der Waals surface area contributed by atoms with Crippen LogP contribution in [-0.4, -0.2) is 31.1 Å². The third-order valence-electron chi connectivity index (χ3n) is 4.09. The minimum atomic E-state index is -4.44. The number of rotatable bonds is 4. The van der Waals surface area contributed by atoms with E-state index >= 15 is 0 Å². The fraction of sp³-hybridized carbons (Fsp3) is 0.278. The molecule has 1 amide bonds. The molecule has 7 heteroatoms. The fourth-order valence-corrected chi connectivity index (χ4v) is 2.86. The molecule has 0 radical (unpaired) electrons. The van der Waals surface area contributed by atoms with Crippen molar-refractivity contribution in [1.82, 2.24) is 4.90 Å². The molecule has 0 aliphatic carbocycles. The zero-order valence-corrected chi connectivity index (χ0v) is 13.5. The first kappa shape index (κ1) is 17.3. The Morgan fingerprint density at radius 3 is 2.64 bits per heavy atom. The normalized spacial score (nSPS) is 17.2. The summed E-state index contributed by atoms with van der Waals surface area (Å²) in [6.07, 6.45) is -5.14. The average Bonchev–Trinajstić information content (AvgIpc) is 2.60. The predicted octanol–water partition coefficient (Wildman–Crippen LogP) is 3.92. The molecule has 1 aliphatic heterocycles. The Labute approximate surface area is 143 Å². The molecule has 0 fully saturated rings. The van der Waals surface area contributed by atoms with Gasteiger partial charge in [0.15, 0.2) is 0 Å². The highest BCUT2D eigenvalue weighted by atomic mass is 19.4. The lowest BCUT2D eigenvalue weighted by molar-refractivity contribution is -0.137. The van der Waals surface area contributed by atoms with Gasteiger partial charge in [0, 0.05) is 19.3 Å². The maximum absolute atomic E-state index is 13.0. The summed E-state index contributed by atoms with van der Waals surface area (Å²) < 4.78 is 44.1. The van der Waals surface area contributed by atoms with Crippen LogP contribution >= 0.6 is 0 Å². The van der Waals surface area contributed by atoms with Gasteiger partial charge in [-0.1, -0.05) is 24.3 Å². The van der Waals surface area contributed by atoms with Crippen LogP contribution in [0.4, 0.5) is 18.9 Å². The maximum Gasteiger partial charge on any atom is 0.416 e. The number of nitrogens with zero attached hydrogens (tertiary/aromatic N) is 1. The number of anilines is 1. The molecular formula is C18H17F3N2O2. The molecular weight excluding hydrogens is 333 g/mol. The van der Waals surface area contributed by atoms with Crippen LogP contribution in [0.3, 0.4) is 0 Å². The minimum absolute atomic E-state index is 0.242. The van der Waals surface area contributed by atoms with Gasteiger partial charge < -0.3 is 15.0 Å². The van der Waals surface area contributed by atoms with Gasteiger partial charge in [-0.2, -0.15) is 13.2 Å². The monoisotopic (exact) mass is 350 g/mol. The SMILES string of the molecule is COCCN1C(=O)c2ccccc2NC1c1cccc(C(F)(F)F)c1. The summed E-state index contributed by atoms with van der Waals surface area (Å²) in [5, 5.41) is 3.16. The van der Waals surface area contributed by atoms with Crippen molar-refractivity contribution < 1.29 is 22.7 Å². The standard InChI is InChI=1S/C18H17F3N2O2/c1-25-10-9-23-16(12-5-4-6-13(11-12)18(19,20)21)22-15-8-3-2-7-14(15)17(23)24/h2-8,11,16,22H,9-10H2,1H3. The van der Waals surface area contributed by atoms with E-state index in [4.69, 9.17) is 4.74 Å². The van der Waals surface area contributed by atoms with Crippen molar-refractivity contribution in [3.63, 3.8) is 0 Å². The molecule has 2 aromatic rings. The number of amides is 1. The van der Waals surface area contributed by atoms with Crippen molar-refractivity contribution in [2.75, 3.05) is 25.6 Å². The molecule has 1 aliphatic rings. The number of carbonyl (C=O) groups excluding carboxylic acids is 1. The lowest BCUT2D eigenvalue weighted by Gasteiger charge is -2.38. The Hall–Kier alpha value is -2.54. The van der Waals surface area contributed by atoms with E-state index < -0.39 is 17.9 Å². The molecule has 25 heavy (non-hydrogen) atoms. The summed E-state index contributed by atoms with van der Waals surface area (Å²) in [5.74, 6) is -0.242. The molecule has 3 rings (SSSR count). The van der Waals surface area contributed by atoms with Crippen molar-refractivity contribution in [3.8, 4) is 0 Å². The Balaban J connectivity index is 2.02. The van der Waals surface area contributed by atoms with E-state index in [2.05, 4.69) is 5.32 Å². The second kappa shape index (κ2) is 6.76. The second-order valence-electron chi connectivity index (χ2n) is 5.71. The molecule has 0 aromatic heterocycles. The second-order valence-corrected chi connectivity index (χ2v) is 5.71. The first-order valence-corrected chi connectivity index (χ1v) is 7.74. The highest BCUT2D eigenvalue weighted by Crippen LogP contribution is 2.35. The Morgan fingerprint density at radius 1 is 1.16 bits per heavy atom. The molecule has 1 N–H and O–H groups in total. The number of halogens is 3. The largest absolute Gasteiger partial charge is 0.416 e. The molecule has 0 bridgehead atoms. The highest BCUT2D eigenvalue weighted by molar-refractivity contribution is 6.01. The zero-order valence-electron chi connectivity index (χ0n) is 13.5. The molecule has 2 aromatic carbocycles. The van der Waals surface area contributed by atoms with Gasteiger partial charge in [-0.25, -0.2) is 0 Å². The summed E-state index contributed by atoms with van der Waals surface area (Å²) in [6, 6.07) is 12.0. The zero-order chi connectivity index (χ0) is 18.0. The van der Waals surface area contributed by atoms with Crippen molar-refractivity contribution in [2.45, 2.75) is 12.3 Å². The van der Waals surface area contributed by atoms with Crippen molar-refractivity contribution in [3.05, 3.63) is 65.2 Å². The van der Waals surface area contributed by atoms with E-state index in [9.17, 15) is 18.0 Å². The number of nitrogens with one attached hydrogen (secondary N) is 1. The van der Waals surface area contributed by atoms with Crippen LogP contribution in [0, 0.1) is 0 Å². The summed E-state index contributed by atoms with van der Waals surface area (Å²) in [6.45, 7) is 0.544. The van der Waals surface area contributed by atoms with Gasteiger partial charge in [0.2, 0.25) is 0 Å². The van der Waals surface area contributed by atoms with Crippen LogP contribution in [-0.2, 0) is 10.9 Å². The highest BCUT2D eigenvalue weighted by Gasteiger charge is 2.35. The van der Waals surface area contributed by atoms with Gasteiger partial charge in [-0.3, -0.25) is 4.79 Å². The van der Waals surface area contributed by atoms with Crippen LogP contribution < -0.4 is 5.32 Å². The molecule has 1 unspecified atom stereocenters. The number of carbonyl (C=O) groups is 1. The number of benzene rings is 2. The number of ether oxygens (including phenoxy) is 1. The van der Waals surface area contributed by atoms with E-state index in [1.165, 1.54) is 18.1 Å². The Kier molecular flexibility index (Phi) is 4.67. The van der Waals surface area contributed by atoms with Gasteiger partial charge in [0.25, 0.3) is 5.91 Å². The summed E-state index contributed by atoms with van der Waals surface area (Å²) in [7, 11) is 1.51. The van der Waals surface area contributed by atoms with E-state index in [0.717, 1.165) is 12.1 Å².